The van der Waals surface area contributed by atoms with Crippen LogP contribution in [0.2, 0.25) is 0 Å². The quantitative estimate of drug-likeness (QED) is 0.609. The third-order valence-electron chi connectivity index (χ3n) is 5.09. The Morgan fingerprint density at radius 3 is 2.46 bits per heavy atom. The van der Waals surface area contributed by atoms with Gasteiger partial charge >= 0.3 is 0 Å². The number of rotatable bonds is 10. The molecular weight excluding hydrogens is 350 g/mol. The first-order valence-electron chi connectivity index (χ1n) is 10.6. The van der Waals surface area contributed by atoms with E-state index >= 15 is 0 Å². The minimum atomic E-state index is 0.627. The lowest BCUT2D eigenvalue weighted by Crippen LogP contribution is -2.38. The Labute approximate surface area is 169 Å². The van der Waals surface area contributed by atoms with E-state index in [1.54, 1.807) is 0 Å². The summed E-state index contributed by atoms with van der Waals surface area (Å²) in [6.07, 6.45) is 5.88. The second kappa shape index (κ2) is 10.9. The van der Waals surface area contributed by atoms with Crippen molar-refractivity contribution in [3.8, 4) is 11.5 Å². The van der Waals surface area contributed by atoms with Crippen LogP contribution in [0, 0.1) is 0 Å². The number of nitrogens with zero attached hydrogens (tertiary/aromatic N) is 3. The average Bonchev–Trinajstić information content (AvgIpc) is 2.74. The first-order valence-corrected chi connectivity index (χ1v) is 10.6. The second-order valence-electron chi connectivity index (χ2n) is 7.16. The summed E-state index contributed by atoms with van der Waals surface area (Å²) in [5, 5.41) is 0. The molecule has 0 amide bonds. The molecule has 1 aliphatic rings. The number of hydrogen-bond donors (Lipinski definition) is 0. The summed E-state index contributed by atoms with van der Waals surface area (Å²) in [5.41, 5.74) is 1.20. The first kappa shape index (κ1) is 20.5. The van der Waals surface area contributed by atoms with Gasteiger partial charge in [-0.05, 0) is 69.6 Å². The average molecular weight is 384 g/mol. The maximum Gasteiger partial charge on any atom is 0.161 e. The van der Waals surface area contributed by atoms with Gasteiger partial charge < -0.3 is 19.3 Å². The number of pyridine rings is 1. The van der Waals surface area contributed by atoms with Crippen LogP contribution in [-0.4, -0.2) is 49.3 Å². The first-order chi connectivity index (χ1) is 13.8. The summed E-state index contributed by atoms with van der Waals surface area (Å²) in [5.74, 6) is 2.65. The molecular formula is C23H33N3O2. The fraction of sp³-hybridized carbons (Fsp3) is 0.522. The molecule has 1 aromatic carbocycles. The SMILES string of the molecule is CCOc1ccc(CN(CCN2CCCCC2)c2ccccn2)cc1OCC. The van der Waals surface area contributed by atoms with Gasteiger partial charge in [0.1, 0.15) is 5.82 Å². The standard InChI is InChI=1S/C23H33N3O2/c1-3-27-21-12-11-20(18-22(21)28-4-2)19-26(23-10-6-7-13-24-23)17-16-25-14-8-5-9-15-25/h6-7,10-13,18H,3-5,8-9,14-17,19H2,1-2H3. The molecule has 3 rings (SSSR count). The molecule has 0 atom stereocenters. The molecule has 0 saturated carbocycles. The molecule has 0 radical (unpaired) electrons. The molecule has 28 heavy (non-hydrogen) atoms. The summed E-state index contributed by atoms with van der Waals surface area (Å²) in [6.45, 7) is 10.5. The molecule has 2 aromatic rings. The molecule has 1 aliphatic heterocycles. The monoisotopic (exact) mass is 383 g/mol. The van der Waals surface area contributed by atoms with Crippen LogP contribution in [0.5, 0.6) is 11.5 Å². The Hall–Kier alpha value is -2.27. The number of benzene rings is 1. The van der Waals surface area contributed by atoms with Gasteiger partial charge in [-0.3, -0.25) is 0 Å². The van der Waals surface area contributed by atoms with Gasteiger partial charge in [-0.1, -0.05) is 18.6 Å². The fourth-order valence-electron chi connectivity index (χ4n) is 3.67. The molecule has 0 bridgehead atoms. The van der Waals surface area contributed by atoms with Crippen molar-refractivity contribution in [1.29, 1.82) is 0 Å². The maximum absolute atomic E-state index is 5.81. The van der Waals surface area contributed by atoms with Crippen LogP contribution in [0.25, 0.3) is 0 Å². The lowest BCUT2D eigenvalue weighted by atomic mass is 10.1. The number of anilines is 1. The van der Waals surface area contributed by atoms with Gasteiger partial charge in [0.2, 0.25) is 0 Å². The van der Waals surface area contributed by atoms with Gasteiger partial charge in [-0.15, -0.1) is 0 Å². The van der Waals surface area contributed by atoms with E-state index in [4.69, 9.17) is 9.47 Å². The highest BCUT2D eigenvalue weighted by Crippen LogP contribution is 2.29. The lowest BCUT2D eigenvalue weighted by Gasteiger charge is -2.30. The molecule has 0 unspecified atom stereocenters. The summed E-state index contributed by atoms with van der Waals surface area (Å²) < 4.78 is 11.5. The van der Waals surface area contributed by atoms with Crippen molar-refractivity contribution >= 4 is 5.82 Å². The van der Waals surface area contributed by atoms with Gasteiger partial charge in [-0.2, -0.15) is 0 Å². The predicted molar refractivity (Wildman–Crippen MR) is 114 cm³/mol. The third-order valence-corrected chi connectivity index (χ3v) is 5.09. The van der Waals surface area contributed by atoms with Crippen molar-refractivity contribution in [1.82, 2.24) is 9.88 Å². The summed E-state index contributed by atoms with van der Waals surface area (Å²) >= 11 is 0. The zero-order valence-electron chi connectivity index (χ0n) is 17.3. The van der Waals surface area contributed by atoms with Crippen LogP contribution in [0.1, 0.15) is 38.7 Å². The number of likely N-dealkylation sites (tertiary alicyclic amines) is 1. The number of piperidine rings is 1. The number of ether oxygens (including phenoxy) is 2. The minimum absolute atomic E-state index is 0.627. The minimum Gasteiger partial charge on any atom is -0.490 e. The van der Waals surface area contributed by atoms with Crippen LogP contribution >= 0.6 is 0 Å². The third kappa shape index (κ3) is 5.86. The van der Waals surface area contributed by atoms with E-state index in [9.17, 15) is 0 Å². The number of hydrogen-bond acceptors (Lipinski definition) is 5. The van der Waals surface area contributed by atoms with Crippen LogP contribution < -0.4 is 14.4 Å². The summed E-state index contributed by atoms with van der Waals surface area (Å²) in [6, 6.07) is 12.4. The largest absolute Gasteiger partial charge is 0.490 e. The normalized spacial score (nSPS) is 14.6. The smallest absolute Gasteiger partial charge is 0.161 e. The zero-order chi connectivity index (χ0) is 19.6. The van der Waals surface area contributed by atoms with E-state index in [-0.39, 0.29) is 0 Å². The van der Waals surface area contributed by atoms with E-state index in [0.29, 0.717) is 13.2 Å². The lowest BCUT2D eigenvalue weighted by molar-refractivity contribution is 0.233. The highest BCUT2D eigenvalue weighted by molar-refractivity contribution is 5.45. The van der Waals surface area contributed by atoms with Crippen molar-refractivity contribution in [2.45, 2.75) is 39.7 Å². The zero-order valence-corrected chi connectivity index (χ0v) is 17.3. The van der Waals surface area contributed by atoms with Crippen LogP contribution in [0.4, 0.5) is 5.82 Å². The molecule has 152 valence electrons. The molecule has 2 heterocycles. The van der Waals surface area contributed by atoms with Crippen LogP contribution in [0.15, 0.2) is 42.6 Å². The maximum atomic E-state index is 5.81. The Morgan fingerprint density at radius 2 is 1.75 bits per heavy atom. The van der Waals surface area contributed by atoms with Gasteiger partial charge in [0, 0.05) is 25.8 Å². The molecule has 1 fully saturated rings. The number of aromatic nitrogens is 1. The van der Waals surface area contributed by atoms with Gasteiger partial charge in [0.25, 0.3) is 0 Å². The van der Waals surface area contributed by atoms with Crippen molar-refractivity contribution in [3.05, 3.63) is 48.2 Å². The Bertz CT molecular complexity index is 702. The van der Waals surface area contributed by atoms with Gasteiger partial charge in [-0.25, -0.2) is 4.98 Å². The highest BCUT2D eigenvalue weighted by Gasteiger charge is 2.15. The van der Waals surface area contributed by atoms with E-state index in [1.165, 1.54) is 37.9 Å². The van der Waals surface area contributed by atoms with Crippen LogP contribution in [-0.2, 0) is 6.54 Å². The molecule has 5 nitrogen and oxygen atoms in total. The Morgan fingerprint density at radius 1 is 0.964 bits per heavy atom. The molecule has 0 aliphatic carbocycles. The summed E-state index contributed by atoms with van der Waals surface area (Å²) in [4.78, 5) is 9.53. The molecule has 0 N–H and O–H groups in total. The van der Waals surface area contributed by atoms with Crippen molar-refractivity contribution in [3.63, 3.8) is 0 Å². The topological polar surface area (TPSA) is 37.8 Å². The molecule has 1 aromatic heterocycles. The molecule has 0 spiro atoms. The van der Waals surface area contributed by atoms with Crippen molar-refractivity contribution < 1.29 is 9.47 Å². The molecule has 1 saturated heterocycles. The highest BCUT2D eigenvalue weighted by atomic mass is 16.5. The predicted octanol–water partition coefficient (Wildman–Crippen LogP) is 4.37. The van der Waals surface area contributed by atoms with Gasteiger partial charge in [0.15, 0.2) is 11.5 Å². The Balaban J connectivity index is 1.73. The van der Waals surface area contributed by atoms with Crippen molar-refractivity contribution in [2.75, 3.05) is 44.3 Å². The molecule has 5 heteroatoms. The van der Waals surface area contributed by atoms with Crippen molar-refractivity contribution in [2.24, 2.45) is 0 Å². The van der Waals surface area contributed by atoms with Gasteiger partial charge in [0.05, 0.1) is 13.2 Å². The van der Waals surface area contributed by atoms with E-state index in [0.717, 1.165) is 37.0 Å². The fourth-order valence-corrected chi connectivity index (χ4v) is 3.67. The van der Waals surface area contributed by atoms with E-state index in [2.05, 4.69) is 39.0 Å². The van der Waals surface area contributed by atoms with E-state index in [1.807, 2.05) is 32.2 Å². The van der Waals surface area contributed by atoms with Crippen LogP contribution in [0.3, 0.4) is 0 Å². The van der Waals surface area contributed by atoms with E-state index < -0.39 is 0 Å². The summed E-state index contributed by atoms with van der Waals surface area (Å²) in [7, 11) is 0. The Kier molecular flexibility index (Phi) is 7.97. The second-order valence-corrected chi connectivity index (χ2v) is 7.16.